The van der Waals surface area contributed by atoms with E-state index in [4.69, 9.17) is 4.74 Å². The highest BCUT2D eigenvalue weighted by Crippen LogP contribution is 2.51. The molecule has 0 aromatic rings. The molecule has 0 aliphatic heterocycles. The van der Waals surface area contributed by atoms with Gasteiger partial charge in [-0.05, 0) is 20.3 Å². The Labute approximate surface area is 86.8 Å². The zero-order valence-corrected chi connectivity index (χ0v) is 9.92. The number of aliphatic hydroxyl groups excluding tert-OH is 1. The lowest BCUT2D eigenvalue weighted by Crippen LogP contribution is -2.68. The number of aliphatic hydroxyl groups is 1. The summed E-state index contributed by atoms with van der Waals surface area (Å²) in [4.78, 5) is 0. The summed E-state index contributed by atoms with van der Waals surface area (Å²) in [5.41, 5.74) is 0.111. The van der Waals surface area contributed by atoms with E-state index in [1.807, 2.05) is 0 Å². The molecule has 1 fully saturated rings. The molecule has 2 unspecified atom stereocenters. The zero-order chi connectivity index (χ0) is 11.0. The lowest BCUT2D eigenvalue weighted by atomic mass is 9.56. The molecule has 0 aromatic heterocycles. The molecule has 0 heterocycles. The Morgan fingerprint density at radius 2 is 2.07 bits per heavy atom. The smallest absolute Gasteiger partial charge is 0.0731 e. The van der Waals surface area contributed by atoms with Crippen molar-refractivity contribution < 1.29 is 9.84 Å². The van der Waals surface area contributed by atoms with Crippen molar-refractivity contribution in [1.29, 1.82) is 0 Å². The van der Waals surface area contributed by atoms with Gasteiger partial charge in [0.25, 0.3) is 0 Å². The van der Waals surface area contributed by atoms with Crippen LogP contribution in [0.15, 0.2) is 0 Å². The molecule has 1 aliphatic rings. The summed E-state index contributed by atoms with van der Waals surface area (Å²) in [6.07, 6.45) is 0.739. The summed E-state index contributed by atoms with van der Waals surface area (Å²) in [6.45, 7) is 9.02. The number of hydrogen-bond donors (Lipinski definition) is 2. The molecule has 0 bridgehead atoms. The van der Waals surface area contributed by atoms with Gasteiger partial charge in [-0.15, -0.1) is 0 Å². The van der Waals surface area contributed by atoms with E-state index < -0.39 is 0 Å². The first kappa shape index (κ1) is 12.0. The highest BCUT2D eigenvalue weighted by atomic mass is 16.5. The molecule has 3 nitrogen and oxygen atoms in total. The fraction of sp³-hybridized carbons (Fsp3) is 1.00. The lowest BCUT2D eigenvalue weighted by Gasteiger charge is -2.59. The molecule has 2 N–H and O–H groups in total. The van der Waals surface area contributed by atoms with Crippen LogP contribution < -0.4 is 5.32 Å². The van der Waals surface area contributed by atoms with Gasteiger partial charge in [0.05, 0.1) is 11.7 Å². The van der Waals surface area contributed by atoms with Crippen molar-refractivity contribution in [3.63, 3.8) is 0 Å². The van der Waals surface area contributed by atoms with Gasteiger partial charge in [-0.3, -0.25) is 0 Å². The predicted octanol–water partition coefficient (Wildman–Crippen LogP) is 1.16. The highest BCUT2D eigenvalue weighted by molar-refractivity contribution is 5.11. The number of ether oxygens (including phenoxy) is 1. The summed E-state index contributed by atoms with van der Waals surface area (Å²) in [7, 11) is 1.77. The molecule has 0 saturated heterocycles. The molecule has 1 rings (SSSR count). The average Bonchev–Trinajstić information content (AvgIpc) is 2.11. The van der Waals surface area contributed by atoms with E-state index in [0.717, 1.165) is 6.42 Å². The van der Waals surface area contributed by atoms with Crippen molar-refractivity contribution in [3.05, 3.63) is 0 Å². The monoisotopic (exact) mass is 201 g/mol. The van der Waals surface area contributed by atoms with E-state index in [1.165, 1.54) is 0 Å². The van der Waals surface area contributed by atoms with Crippen molar-refractivity contribution in [2.75, 3.05) is 13.7 Å². The minimum atomic E-state index is -0.278. The third kappa shape index (κ3) is 1.81. The Morgan fingerprint density at radius 3 is 2.43 bits per heavy atom. The van der Waals surface area contributed by atoms with Crippen LogP contribution in [0.1, 0.15) is 34.1 Å². The van der Waals surface area contributed by atoms with Gasteiger partial charge < -0.3 is 15.2 Å². The van der Waals surface area contributed by atoms with Crippen molar-refractivity contribution in [2.45, 2.75) is 51.9 Å². The van der Waals surface area contributed by atoms with Crippen LogP contribution in [0.4, 0.5) is 0 Å². The van der Waals surface area contributed by atoms with Crippen LogP contribution in [0.3, 0.4) is 0 Å². The van der Waals surface area contributed by atoms with E-state index in [2.05, 4.69) is 26.1 Å². The predicted molar refractivity (Wildman–Crippen MR) is 57.3 cm³/mol. The van der Waals surface area contributed by atoms with Gasteiger partial charge in [-0.1, -0.05) is 13.8 Å². The Hall–Kier alpha value is -0.120. The SMILES string of the molecule is COC1(C)CC(NC[C@@H](C)O)C1(C)C. The maximum absolute atomic E-state index is 9.18. The normalized spacial score (nSPS) is 37.7. The van der Waals surface area contributed by atoms with Gasteiger partial charge in [-0.25, -0.2) is 0 Å². The molecule has 0 aromatic carbocycles. The third-order valence-electron chi connectivity index (χ3n) is 3.94. The average molecular weight is 201 g/mol. The third-order valence-corrected chi connectivity index (χ3v) is 3.94. The molecule has 14 heavy (non-hydrogen) atoms. The van der Waals surface area contributed by atoms with Crippen molar-refractivity contribution in [3.8, 4) is 0 Å². The maximum atomic E-state index is 9.18. The second-order valence-corrected chi connectivity index (χ2v) is 5.17. The Bertz CT molecular complexity index is 203. The van der Waals surface area contributed by atoms with Crippen LogP contribution >= 0.6 is 0 Å². The van der Waals surface area contributed by atoms with Crippen molar-refractivity contribution in [1.82, 2.24) is 5.32 Å². The highest BCUT2D eigenvalue weighted by Gasteiger charge is 2.57. The second-order valence-electron chi connectivity index (χ2n) is 5.17. The van der Waals surface area contributed by atoms with E-state index >= 15 is 0 Å². The largest absolute Gasteiger partial charge is 0.392 e. The quantitative estimate of drug-likeness (QED) is 0.717. The van der Waals surface area contributed by atoms with Crippen LogP contribution in [-0.2, 0) is 4.74 Å². The van der Waals surface area contributed by atoms with Crippen LogP contribution in [0, 0.1) is 5.41 Å². The second kappa shape index (κ2) is 3.80. The topological polar surface area (TPSA) is 41.5 Å². The van der Waals surface area contributed by atoms with Crippen LogP contribution in [0.25, 0.3) is 0 Å². The molecule has 0 radical (unpaired) electrons. The fourth-order valence-electron chi connectivity index (χ4n) is 2.13. The van der Waals surface area contributed by atoms with Gasteiger partial charge in [-0.2, -0.15) is 0 Å². The first-order valence-electron chi connectivity index (χ1n) is 5.30. The Balaban J connectivity index is 2.47. The zero-order valence-electron chi connectivity index (χ0n) is 9.92. The summed E-state index contributed by atoms with van der Waals surface area (Å²) in [5.74, 6) is 0. The van der Waals surface area contributed by atoms with Gasteiger partial charge >= 0.3 is 0 Å². The van der Waals surface area contributed by atoms with Gasteiger partial charge in [0.1, 0.15) is 0 Å². The maximum Gasteiger partial charge on any atom is 0.0731 e. The molecule has 84 valence electrons. The van der Waals surface area contributed by atoms with E-state index in [9.17, 15) is 5.11 Å². The lowest BCUT2D eigenvalue weighted by molar-refractivity contribution is -0.181. The fourth-order valence-corrected chi connectivity index (χ4v) is 2.13. The minimum Gasteiger partial charge on any atom is -0.392 e. The van der Waals surface area contributed by atoms with Crippen LogP contribution in [0.2, 0.25) is 0 Å². The van der Waals surface area contributed by atoms with Gasteiger partial charge in [0.15, 0.2) is 0 Å². The van der Waals surface area contributed by atoms with Crippen molar-refractivity contribution >= 4 is 0 Å². The number of rotatable bonds is 4. The Morgan fingerprint density at radius 1 is 1.50 bits per heavy atom. The molecule has 0 spiro atoms. The van der Waals surface area contributed by atoms with Crippen LogP contribution in [0.5, 0.6) is 0 Å². The number of nitrogens with one attached hydrogen (secondary N) is 1. The number of hydrogen-bond acceptors (Lipinski definition) is 3. The molecule has 1 aliphatic carbocycles. The molecule has 3 atom stereocenters. The summed E-state index contributed by atoms with van der Waals surface area (Å²) < 4.78 is 5.52. The molecular weight excluding hydrogens is 178 g/mol. The molecule has 0 amide bonds. The van der Waals surface area contributed by atoms with E-state index in [0.29, 0.717) is 12.6 Å². The van der Waals surface area contributed by atoms with Gasteiger partial charge in [0, 0.05) is 25.1 Å². The van der Waals surface area contributed by atoms with Crippen LogP contribution in [-0.4, -0.2) is 36.5 Å². The minimum absolute atomic E-state index is 0.0244. The van der Waals surface area contributed by atoms with Gasteiger partial charge in [0.2, 0.25) is 0 Å². The first-order chi connectivity index (χ1) is 6.33. The molecule has 1 saturated carbocycles. The van der Waals surface area contributed by atoms with E-state index in [-0.39, 0.29) is 17.1 Å². The van der Waals surface area contributed by atoms with E-state index in [1.54, 1.807) is 14.0 Å². The molecule has 3 heteroatoms. The number of methoxy groups -OCH3 is 1. The Kier molecular flexibility index (Phi) is 3.24. The van der Waals surface area contributed by atoms with Crippen molar-refractivity contribution in [2.24, 2.45) is 5.41 Å². The molecular formula is C11H23NO2. The summed E-state index contributed by atoms with van der Waals surface area (Å²) in [5, 5.41) is 12.6. The standard InChI is InChI=1S/C11H23NO2/c1-8(13)7-12-9-6-11(4,14-5)10(9,2)3/h8-9,12-13H,6-7H2,1-5H3/t8-,9?,11?/m1/s1. The summed E-state index contributed by atoms with van der Waals surface area (Å²) in [6, 6.07) is 0.446. The first-order valence-corrected chi connectivity index (χ1v) is 5.30. The summed E-state index contributed by atoms with van der Waals surface area (Å²) >= 11 is 0.